The van der Waals surface area contributed by atoms with Gasteiger partial charge in [-0.3, -0.25) is 0 Å². The van der Waals surface area contributed by atoms with E-state index in [1.165, 1.54) is 0 Å². The summed E-state index contributed by atoms with van der Waals surface area (Å²) in [6.45, 7) is 5.10. The van der Waals surface area contributed by atoms with E-state index in [2.05, 4.69) is 37.2 Å². The van der Waals surface area contributed by atoms with Crippen LogP contribution in [-0.4, -0.2) is 11.7 Å². The highest BCUT2D eigenvalue weighted by Crippen LogP contribution is 2.33. The summed E-state index contributed by atoms with van der Waals surface area (Å²) in [6.07, 6.45) is 0. The first-order chi connectivity index (χ1) is 10.0. The first-order valence-electron chi connectivity index (χ1n) is 6.65. The third-order valence-electron chi connectivity index (χ3n) is 3.05. The molecule has 112 valence electrons. The van der Waals surface area contributed by atoms with Gasteiger partial charge in [0.1, 0.15) is 11.5 Å². The molecule has 0 fully saturated rings. The summed E-state index contributed by atoms with van der Waals surface area (Å²) < 4.78 is 7.63. The Bertz CT molecular complexity index is 644. The molecule has 2 aromatic carbocycles. The number of rotatable bonds is 5. The van der Waals surface area contributed by atoms with Crippen molar-refractivity contribution >= 4 is 37.5 Å². The average molecular weight is 415 g/mol. The molecule has 5 heteroatoms. The zero-order valence-corrected chi connectivity index (χ0v) is 15.1. The molecule has 2 aromatic rings. The largest absolute Gasteiger partial charge is 0.508 e. The predicted molar refractivity (Wildman–Crippen MR) is 93.2 cm³/mol. The summed E-state index contributed by atoms with van der Waals surface area (Å²) in [5.74, 6) is 1.16. The van der Waals surface area contributed by atoms with Crippen molar-refractivity contribution in [3.8, 4) is 11.5 Å². The standard InChI is InChI=1S/C16H17Br2NO2/c1-3-21-16-11(7-12(17)8-14(16)18)9-19-13-4-5-15(20)10(2)6-13/h4-8,19-20H,3,9H2,1-2H3. The van der Waals surface area contributed by atoms with Gasteiger partial charge in [-0.1, -0.05) is 15.9 Å². The minimum Gasteiger partial charge on any atom is -0.508 e. The molecule has 0 bridgehead atoms. The molecule has 0 aliphatic rings. The van der Waals surface area contributed by atoms with Crippen molar-refractivity contribution in [2.75, 3.05) is 11.9 Å². The van der Waals surface area contributed by atoms with Gasteiger partial charge in [0.15, 0.2) is 0 Å². The van der Waals surface area contributed by atoms with Gasteiger partial charge in [-0.2, -0.15) is 0 Å². The van der Waals surface area contributed by atoms with Crippen LogP contribution in [0.3, 0.4) is 0 Å². The summed E-state index contributed by atoms with van der Waals surface area (Å²) in [6, 6.07) is 9.48. The second-order valence-corrected chi connectivity index (χ2v) is 6.43. The van der Waals surface area contributed by atoms with E-state index in [1.54, 1.807) is 6.07 Å². The van der Waals surface area contributed by atoms with Gasteiger partial charge in [-0.05, 0) is 65.7 Å². The summed E-state index contributed by atoms with van der Waals surface area (Å²) in [4.78, 5) is 0. The first-order valence-corrected chi connectivity index (χ1v) is 8.24. The van der Waals surface area contributed by atoms with Crippen molar-refractivity contribution in [2.24, 2.45) is 0 Å². The molecule has 0 saturated carbocycles. The van der Waals surface area contributed by atoms with Crippen molar-refractivity contribution in [1.29, 1.82) is 0 Å². The van der Waals surface area contributed by atoms with E-state index in [0.29, 0.717) is 18.9 Å². The van der Waals surface area contributed by atoms with Gasteiger partial charge in [0.05, 0.1) is 11.1 Å². The van der Waals surface area contributed by atoms with Crippen LogP contribution in [0.15, 0.2) is 39.3 Å². The highest BCUT2D eigenvalue weighted by atomic mass is 79.9. The van der Waals surface area contributed by atoms with Crippen LogP contribution >= 0.6 is 31.9 Å². The summed E-state index contributed by atoms with van der Waals surface area (Å²) in [7, 11) is 0. The van der Waals surface area contributed by atoms with E-state index in [-0.39, 0.29) is 0 Å². The molecule has 0 amide bonds. The Labute approximate surface area is 141 Å². The number of anilines is 1. The van der Waals surface area contributed by atoms with Gasteiger partial charge >= 0.3 is 0 Å². The van der Waals surface area contributed by atoms with Gasteiger partial charge in [0.2, 0.25) is 0 Å². The van der Waals surface area contributed by atoms with Crippen LogP contribution in [-0.2, 0) is 6.54 Å². The molecular formula is C16H17Br2NO2. The molecule has 0 aliphatic carbocycles. The van der Waals surface area contributed by atoms with Crippen molar-refractivity contribution in [3.63, 3.8) is 0 Å². The van der Waals surface area contributed by atoms with Crippen LogP contribution in [0.25, 0.3) is 0 Å². The van der Waals surface area contributed by atoms with E-state index in [0.717, 1.165) is 31.5 Å². The first kappa shape index (κ1) is 16.2. The number of benzene rings is 2. The Morgan fingerprint density at radius 1 is 1.19 bits per heavy atom. The molecule has 0 heterocycles. The van der Waals surface area contributed by atoms with E-state index in [9.17, 15) is 5.11 Å². The Balaban J connectivity index is 2.20. The Morgan fingerprint density at radius 2 is 1.95 bits per heavy atom. The maximum atomic E-state index is 9.56. The minimum atomic E-state index is 0.306. The fraction of sp³-hybridized carbons (Fsp3) is 0.250. The summed E-state index contributed by atoms with van der Waals surface area (Å²) >= 11 is 7.03. The maximum absolute atomic E-state index is 9.56. The van der Waals surface area contributed by atoms with Crippen molar-refractivity contribution in [3.05, 3.63) is 50.4 Å². The number of phenolic OH excluding ortho intramolecular Hbond substituents is 1. The second kappa shape index (κ2) is 7.18. The van der Waals surface area contributed by atoms with Crippen molar-refractivity contribution in [1.82, 2.24) is 0 Å². The summed E-state index contributed by atoms with van der Waals surface area (Å²) in [5.41, 5.74) is 2.87. The molecule has 0 radical (unpaired) electrons. The molecule has 0 aliphatic heterocycles. The summed E-state index contributed by atoms with van der Waals surface area (Å²) in [5, 5.41) is 12.9. The lowest BCUT2D eigenvalue weighted by Crippen LogP contribution is -2.04. The maximum Gasteiger partial charge on any atom is 0.138 e. The quantitative estimate of drug-likeness (QED) is 0.657. The number of hydrogen-bond acceptors (Lipinski definition) is 3. The van der Waals surface area contributed by atoms with Crippen LogP contribution in [0, 0.1) is 6.92 Å². The Kier molecular flexibility index (Phi) is 5.53. The second-order valence-electron chi connectivity index (χ2n) is 4.66. The number of nitrogens with one attached hydrogen (secondary N) is 1. The minimum absolute atomic E-state index is 0.306. The van der Waals surface area contributed by atoms with Crippen LogP contribution in [0.4, 0.5) is 5.69 Å². The van der Waals surface area contributed by atoms with Crippen molar-refractivity contribution in [2.45, 2.75) is 20.4 Å². The molecule has 2 rings (SSSR count). The van der Waals surface area contributed by atoms with E-state index in [4.69, 9.17) is 4.74 Å². The van der Waals surface area contributed by atoms with E-state index in [1.807, 2.05) is 38.1 Å². The SMILES string of the molecule is CCOc1c(Br)cc(Br)cc1CNc1ccc(O)c(C)c1. The lowest BCUT2D eigenvalue weighted by molar-refractivity contribution is 0.334. The number of hydrogen-bond donors (Lipinski definition) is 2. The topological polar surface area (TPSA) is 41.5 Å². The smallest absolute Gasteiger partial charge is 0.138 e. The van der Waals surface area contributed by atoms with Gasteiger partial charge in [-0.15, -0.1) is 0 Å². The lowest BCUT2D eigenvalue weighted by Gasteiger charge is -2.14. The third kappa shape index (κ3) is 4.14. The van der Waals surface area contributed by atoms with Crippen LogP contribution < -0.4 is 10.1 Å². The van der Waals surface area contributed by atoms with Crippen molar-refractivity contribution < 1.29 is 9.84 Å². The molecule has 0 atom stereocenters. The molecule has 21 heavy (non-hydrogen) atoms. The molecule has 2 N–H and O–H groups in total. The van der Waals surface area contributed by atoms with Gasteiger partial charge < -0.3 is 15.2 Å². The average Bonchev–Trinajstić information content (AvgIpc) is 2.43. The van der Waals surface area contributed by atoms with Crippen LogP contribution in [0.5, 0.6) is 11.5 Å². The fourth-order valence-corrected chi connectivity index (χ4v) is 3.44. The number of ether oxygens (including phenoxy) is 1. The lowest BCUT2D eigenvalue weighted by atomic mass is 10.1. The molecular weight excluding hydrogens is 398 g/mol. The monoisotopic (exact) mass is 413 g/mol. The van der Waals surface area contributed by atoms with E-state index < -0.39 is 0 Å². The Morgan fingerprint density at radius 3 is 2.62 bits per heavy atom. The third-order valence-corrected chi connectivity index (χ3v) is 4.10. The number of aryl methyl sites for hydroxylation is 1. The number of halogens is 2. The molecule has 0 aromatic heterocycles. The van der Waals surface area contributed by atoms with Gasteiger partial charge in [0, 0.05) is 22.3 Å². The number of aromatic hydroxyl groups is 1. The molecule has 0 saturated heterocycles. The van der Waals surface area contributed by atoms with E-state index >= 15 is 0 Å². The number of phenols is 1. The highest BCUT2D eigenvalue weighted by molar-refractivity contribution is 9.11. The van der Waals surface area contributed by atoms with Gasteiger partial charge in [0.25, 0.3) is 0 Å². The highest BCUT2D eigenvalue weighted by Gasteiger charge is 2.10. The zero-order valence-electron chi connectivity index (χ0n) is 11.9. The molecule has 0 spiro atoms. The predicted octanol–water partition coefficient (Wildman–Crippen LogP) is 5.24. The van der Waals surface area contributed by atoms with Gasteiger partial charge in [-0.25, -0.2) is 0 Å². The van der Waals surface area contributed by atoms with Crippen LogP contribution in [0.1, 0.15) is 18.1 Å². The fourth-order valence-electron chi connectivity index (χ4n) is 2.01. The zero-order chi connectivity index (χ0) is 15.4. The molecule has 3 nitrogen and oxygen atoms in total. The van der Waals surface area contributed by atoms with Crippen LogP contribution in [0.2, 0.25) is 0 Å². The Hall–Kier alpha value is -1.20. The normalized spacial score (nSPS) is 10.5. The molecule has 0 unspecified atom stereocenters.